The maximum atomic E-state index is 13.1. The smallest absolute Gasteiger partial charge is 0.255 e. The van der Waals surface area contributed by atoms with Gasteiger partial charge in [-0.2, -0.15) is 0 Å². The van der Waals surface area contributed by atoms with Crippen LogP contribution >= 0.6 is 0 Å². The molecule has 1 aliphatic heterocycles. The average molecular weight is 429 g/mol. The van der Waals surface area contributed by atoms with Crippen molar-refractivity contribution < 1.29 is 23.8 Å². The highest BCUT2D eigenvalue weighted by Gasteiger charge is 2.26. The number of nitrogens with zero attached hydrogens (tertiary/aromatic N) is 4. The summed E-state index contributed by atoms with van der Waals surface area (Å²) in [4.78, 5) is 36.9. The van der Waals surface area contributed by atoms with Gasteiger partial charge in [0.25, 0.3) is 11.8 Å². The molecule has 1 aromatic carbocycles. The van der Waals surface area contributed by atoms with Crippen molar-refractivity contribution in [2.75, 3.05) is 51.9 Å². The van der Waals surface area contributed by atoms with Crippen LogP contribution in [0.25, 0.3) is 0 Å². The molecule has 10 nitrogen and oxygen atoms in total. The van der Waals surface area contributed by atoms with E-state index in [1.165, 1.54) is 14.2 Å². The Morgan fingerprint density at radius 1 is 1.00 bits per heavy atom. The van der Waals surface area contributed by atoms with Crippen molar-refractivity contribution in [1.29, 1.82) is 0 Å². The van der Waals surface area contributed by atoms with Gasteiger partial charge in [0.05, 0.1) is 14.2 Å². The van der Waals surface area contributed by atoms with Gasteiger partial charge in [-0.25, -0.2) is 9.97 Å². The van der Waals surface area contributed by atoms with Gasteiger partial charge in [0.15, 0.2) is 18.1 Å². The molecule has 31 heavy (non-hydrogen) atoms. The van der Waals surface area contributed by atoms with Crippen LogP contribution in [0.4, 0.5) is 5.82 Å². The molecule has 1 fully saturated rings. The molecule has 2 N–H and O–H groups in total. The molecule has 0 atom stereocenters. The van der Waals surface area contributed by atoms with E-state index in [-0.39, 0.29) is 29.8 Å². The maximum absolute atomic E-state index is 13.1. The van der Waals surface area contributed by atoms with Crippen LogP contribution in [0.2, 0.25) is 0 Å². The second-order valence-electron chi connectivity index (χ2n) is 7.16. The zero-order chi connectivity index (χ0) is 22.5. The van der Waals surface area contributed by atoms with Gasteiger partial charge in [0.2, 0.25) is 5.75 Å². The lowest BCUT2D eigenvalue weighted by atomic mass is 10.1. The fraction of sp³-hybridized carbons (Fsp3) is 0.429. The molecular weight excluding hydrogens is 402 g/mol. The first kappa shape index (κ1) is 22.1. The number of aromatic nitrogens is 2. The molecule has 10 heteroatoms. The lowest BCUT2D eigenvalue weighted by Gasteiger charge is -2.35. The summed E-state index contributed by atoms with van der Waals surface area (Å²) in [6.07, 6.45) is 0. The molecule has 1 saturated heterocycles. The predicted molar refractivity (Wildman–Crippen MR) is 114 cm³/mol. The molecule has 2 aromatic rings. The van der Waals surface area contributed by atoms with E-state index in [9.17, 15) is 9.59 Å². The van der Waals surface area contributed by atoms with E-state index in [2.05, 4.69) is 14.9 Å². The Balaban J connectivity index is 1.75. The zero-order valence-electron chi connectivity index (χ0n) is 18.2. The van der Waals surface area contributed by atoms with Crippen molar-refractivity contribution in [2.45, 2.75) is 13.8 Å². The van der Waals surface area contributed by atoms with Crippen molar-refractivity contribution in [1.82, 2.24) is 14.9 Å². The molecule has 0 radical (unpaired) electrons. The Hall–Kier alpha value is -3.56. The lowest BCUT2D eigenvalue weighted by Crippen LogP contribution is -2.49. The quantitative estimate of drug-likeness (QED) is 0.690. The highest BCUT2D eigenvalue weighted by molar-refractivity contribution is 5.96. The number of anilines is 1. The minimum atomic E-state index is -0.629. The number of hydrogen-bond acceptors (Lipinski definition) is 8. The molecule has 0 spiro atoms. The number of amides is 2. The van der Waals surface area contributed by atoms with E-state index >= 15 is 0 Å². The number of carbonyl (C=O) groups excluding carboxylic acids is 2. The molecule has 166 valence electrons. The van der Waals surface area contributed by atoms with E-state index < -0.39 is 5.91 Å². The van der Waals surface area contributed by atoms with E-state index in [4.69, 9.17) is 19.9 Å². The minimum absolute atomic E-state index is 0.146. The van der Waals surface area contributed by atoms with Crippen molar-refractivity contribution in [3.8, 4) is 17.2 Å². The molecule has 1 aliphatic rings. The average Bonchev–Trinajstić information content (AvgIpc) is 2.75. The monoisotopic (exact) mass is 429 g/mol. The predicted octanol–water partition coefficient (Wildman–Crippen LogP) is 0.937. The third-order valence-electron chi connectivity index (χ3n) is 4.91. The third-order valence-corrected chi connectivity index (χ3v) is 4.91. The number of rotatable bonds is 7. The molecule has 0 aliphatic carbocycles. The van der Waals surface area contributed by atoms with Gasteiger partial charge in [-0.3, -0.25) is 9.59 Å². The SMILES string of the molecule is COc1cc(C(=O)N2CCN(c3cc(C)nc(C)n3)CC2)cc(OC)c1OCC(N)=O. The summed E-state index contributed by atoms with van der Waals surface area (Å²) in [5.74, 6) is 1.62. The second kappa shape index (κ2) is 9.50. The number of ether oxygens (including phenoxy) is 3. The van der Waals surface area contributed by atoms with E-state index in [0.717, 1.165) is 17.3 Å². The number of carbonyl (C=O) groups is 2. The number of methoxy groups -OCH3 is 2. The molecule has 0 bridgehead atoms. The van der Waals surface area contributed by atoms with Crippen LogP contribution in [0.15, 0.2) is 18.2 Å². The molecule has 1 aromatic heterocycles. The number of benzene rings is 1. The summed E-state index contributed by atoms with van der Waals surface area (Å²) in [6.45, 7) is 5.90. The van der Waals surface area contributed by atoms with Gasteiger partial charge in [-0.05, 0) is 26.0 Å². The zero-order valence-corrected chi connectivity index (χ0v) is 18.2. The first-order valence-corrected chi connectivity index (χ1v) is 9.86. The van der Waals surface area contributed by atoms with Crippen molar-refractivity contribution >= 4 is 17.6 Å². The standard InChI is InChI=1S/C21H27N5O5/c1-13-9-19(24-14(2)23-13)25-5-7-26(8-6-25)21(28)15-10-16(29-3)20(17(11-15)30-4)31-12-18(22)27/h9-11H,5-8,12H2,1-4H3,(H2,22,27). The molecule has 3 rings (SSSR count). The summed E-state index contributed by atoms with van der Waals surface area (Å²) in [6, 6.07) is 5.10. The Labute approximate surface area is 180 Å². The summed E-state index contributed by atoms with van der Waals surface area (Å²) < 4.78 is 16.1. The Kier molecular flexibility index (Phi) is 6.78. The molecule has 0 unspecified atom stereocenters. The highest BCUT2D eigenvalue weighted by atomic mass is 16.5. The van der Waals surface area contributed by atoms with Crippen LogP contribution in [0.1, 0.15) is 21.9 Å². The molecule has 2 heterocycles. The third kappa shape index (κ3) is 5.14. The molecular formula is C21H27N5O5. The minimum Gasteiger partial charge on any atom is -0.493 e. The first-order valence-electron chi connectivity index (χ1n) is 9.86. The fourth-order valence-electron chi connectivity index (χ4n) is 3.47. The van der Waals surface area contributed by atoms with Gasteiger partial charge in [-0.15, -0.1) is 0 Å². The van der Waals surface area contributed by atoms with E-state index in [1.54, 1.807) is 17.0 Å². The largest absolute Gasteiger partial charge is 0.493 e. The molecule has 0 saturated carbocycles. The summed E-state index contributed by atoms with van der Waals surface area (Å²) in [5, 5.41) is 0. The van der Waals surface area contributed by atoms with Gasteiger partial charge >= 0.3 is 0 Å². The summed E-state index contributed by atoms with van der Waals surface area (Å²) in [7, 11) is 2.90. The normalized spacial score (nSPS) is 13.7. The van der Waals surface area contributed by atoms with E-state index in [1.807, 2.05) is 19.9 Å². The Morgan fingerprint density at radius 2 is 1.61 bits per heavy atom. The number of aryl methyl sites for hydroxylation is 2. The Morgan fingerprint density at radius 3 is 2.13 bits per heavy atom. The first-order chi connectivity index (χ1) is 14.8. The number of nitrogens with two attached hydrogens (primary N) is 1. The number of hydrogen-bond donors (Lipinski definition) is 1. The van der Waals surface area contributed by atoms with Crippen LogP contribution in [-0.2, 0) is 4.79 Å². The van der Waals surface area contributed by atoms with E-state index in [0.29, 0.717) is 31.7 Å². The Bertz CT molecular complexity index is 927. The van der Waals surface area contributed by atoms with Gasteiger partial charge in [0, 0.05) is 43.5 Å². The van der Waals surface area contributed by atoms with Gasteiger partial charge in [-0.1, -0.05) is 0 Å². The maximum Gasteiger partial charge on any atom is 0.255 e. The van der Waals surface area contributed by atoms with Crippen molar-refractivity contribution in [2.24, 2.45) is 5.73 Å². The van der Waals surface area contributed by atoms with Crippen LogP contribution in [0.3, 0.4) is 0 Å². The number of piperazine rings is 1. The summed E-state index contributed by atoms with van der Waals surface area (Å²) >= 11 is 0. The van der Waals surface area contributed by atoms with Crippen molar-refractivity contribution in [3.05, 3.63) is 35.3 Å². The topological polar surface area (TPSA) is 120 Å². The summed E-state index contributed by atoms with van der Waals surface area (Å²) in [5.41, 5.74) is 6.47. The highest BCUT2D eigenvalue weighted by Crippen LogP contribution is 2.39. The van der Waals surface area contributed by atoms with Crippen LogP contribution in [-0.4, -0.2) is 73.7 Å². The van der Waals surface area contributed by atoms with Crippen molar-refractivity contribution in [3.63, 3.8) is 0 Å². The van der Waals surface area contributed by atoms with Gasteiger partial charge < -0.3 is 29.7 Å². The van der Waals surface area contributed by atoms with Crippen LogP contribution in [0.5, 0.6) is 17.2 Å². The fourth-order valence-corrected chi connectivity index (χ4v) is 3.47. The lowest BCUT2D eigenvalue weighted by molar-refractivity contribution is -0.120. The van der Waals surface area contributed by atoms with Gasteiger partial charge in [0.1, 0.15) is 11.6 Å². The second-order valence-corrected chi connectivity index (χ2v) is 7.16. The van der Waals surface area contributed by atoms with Crippen LogP contribution in [0, 0.1) is 13.8 Å². The number of primary amides is 1. The van der Waals surface area contributed by atoms with Crippen LogP contribution < -0.4 is 24.8 Å². The molecule has 2 amide bonds.